The Hall–Kier alpha value is -3.42. The lowest BCUT2D eigenvalue weighted by molar-refractivity contribution is 0.102. The van der Waals surface area contributed by atoms with Crippen LogP contribution in [0, 0.1) is 6.92 Å². The lowest BCUT2D eigenvalue weighted by Crippen LogP contribution is -2.15. The molecule has 0 aliphatic carbocycles. The third-order valence-electron chi connectivity index (χ3n) is 3.93. The number of hydrogen-bond donors (Lipinski definition) is 2. The molecule has 8 nitrogen and oxygen atoms in total. The molecule has 0 spiro atoms. The molecule has 0 saturated carbocycles. The number of anilines is 2. The zero-order valence-corrected chi connectivity index (χ0v) is 16.5. The van der Waals surface area contributed by atoms with Crippen molar-refractivity contribution in [2.24, 2.45) is 0 Å². The quantitative estimate of drug-likeness (QED) is 0.748. The summed E-state index contributed by atoms with van der Waals surface area (Å²) in [5.74, 6) is 0.789. The van der Waals surface area contributed by atoms with Gasteiger partial charge in [0.25, 0.3) is 5.91 Å². The molecule has 2 rings (SSSR count). The Balaban J connectivity index is 2.28. The normalized spacial score (nSPS) is 10.0. The minimum atomic E-state index is -0.562. The molecule has 2 aromatic carbocycles. The number of methoxy groups -OCH3 is 3. The van der Waals surface area contributed by atoms with Crippen LogP contribution in [0.1, 0.15) is 22.8 Å². The van der Waals surface area contributed by atoms with Crippen molar-refractivity contribution in [1.82, 2.24) is 0 Å². The molecular formula is C20H24N2O6. The van der Waals surface area contributed by atoms with E-state index >= 15 is 0 Å². The van der Waals surface area contributed by atoms with E-state index in [0.29, 0.717) is 34.2 Å². The van der Waals surface area contributed by atoms with Gasteiger partial charge in [-0.2, -0.15) is 0 Å². The molecule has 0 aromatic heterocycles. The van der Waals surface area contributed by atoms with Crippen LogP contribution in [0.5, 0.6) is 17.2 Å². The Kier molecular flexibility index (Phi) is 7.08. The first-order valence-corrected chi connectivity index (χ1v) is 8.59. The predicted molar refractivity (Wildman–Crippen MR) is 106 cm³/mol. The average Bonchev–Trinajstić information content (AvgIpc) is 2.69. The van der Waals surface area contributed by atoms with Gasteiger partial charge in [-0.1, -0.05) is 6.07 Å². The molecule has 8 heteroatoms. The van der Waals surface area contributed by atoms with E-state index in [2.05, 4.69) is 10.6 Å². The molecular weight excluding hydrogens is 364 g/mol. The van der Waals surface area contributed by atoms with Crippen molar-refractivity contribution >= 4 is 23.4 Å². The van der Waals surface area contributed by atoms with Crippen LogP contribution in [0.15, 0.2) is 30.3 Å². The number of benzene rings is 2. The second-order valence-corrected chi connectivity index (χ2v) is 5.74. The second kappa shape index (κ2) is 9.50. The summed E-state index contributed by atoms with van der Waals surface area (Å²) in [6, 6.07) is 8.29. The first-order chi connectivity index (χ1) is 13.4. The lowest BCUT2D eigenvalue weighted by atomic mass is 10.1. The molecule has 28 heavy (non-hydrogen) atoms. The Morgan fingerprint density at radius 3 is 2.11 bits per heavy atom. The van der Waals surface area contributed by atoms with E-state index in [0.717, 1.165) is 5.56 Å². The molecule has 0 bridgehead atoms. The number of nitrogens with one attached hydrogen (secondary N) is 2. The summed E-state index contributed by atoms with van der Waals surface area (Å²) in [6.45, 7) is 3.83. The third kappa shape index (κ3) is 4.85. The van der Waals surface area contributed by atoms with Crippen molar-refractivity contribution in [2.75, 3.05) is 38.6 Å². The first kappa shape index (κ1) is 20.9. The van der Waals surface area contributed by atoms with E-state index < -0.39 is 6.09 Å². The molecule has 2 aromatic rings. The summed E-state index contributed by atoms with van der Waals surface area (Å²) in [5, 5.41) is 5.44. The van der Waals surface area contributed by atoms with Gasteiger partial charge in [-0.25, -0.2) is 4.79 Å². The summed E-state index contributed by atoms with van der Waals surface area (Å²) in [5.41, 5.74) is 2.21. The minimum absolute atomic E-state index is 0.266. The molecule has 2 N–H and O–H groups in total. The summed E-state index contributed by atoms with van der Waals surface area (Å²) in [7, 11) is 4.45. The SMILES string of the molecule is CCOC(=O)Nc1ccc(C)c(NC(=O)c2cc(OC)c(OC)c(OC)c2)c1. The fraction of sp³-hybridized carbons (Fsp3) is 0.300. The molecule has 0 aliphatic heterocycles. The van der Waals surface area contributed by atoms with E-state index in [1.54, 1.807) is 37.3 Å². The maximum absolute atomic E-state index is 12.8. The van der Waals surface area contributed by atoms with Crippen LogP contribution in [-0.2, 0) is 4.74 Å². The number of hydrogen-bond acceptors (Lipinski definition) is 6. The van der Waals surface area contributed by atoms with E-state index in [1.165, 1.54) is 21.3 Å². The molecule has 0 radical (unpaired) electrons. The summed E-state index contributed by atoms with van der Waals surface area (Å²) in [6.07, 6.45) is -0.562. The minimum Gasteiger partial charge on any atom is -0.493 e. The number of ether oxygens (including phenoxy) is 4. The number of carbonyl (C=O) groups is 2. The van der Waals surface area contributed by atoms with E-state index in [4.69, 9.17) is 18.9 Å². The van der Waals surface area contributed by atoms with Crippen LogP contribution in [-0.4, -0.2) is 39.9 Å². The van der Waals surface area contributed by atoms with Gasteiger partial charge in [-0.15, -0.1) is 0 Å². The van der Waals surface area contributed by atoms with Gasteiger partial charge in [0.05, 0.1) is 27.9 Å². The Labute approximate surface area is 163 Å². The van der Waals surface area contributed by atoms with Crippen molar-refractivity contribution in [1.29, 1.82) is 0 Å². The van der Waals surface area contributed by atoms with Crippen LogP contribution in [0.25, 0.3) is 0 Å². The van der Waals surface area contributed by atoms with Crippen molar-refractivity contribution in [3.63, 3.8) is 0 Å². The van der Waals surface area contributed by atoms with Crippen LogP contribution < -0.4 is 24.8 Å². The molecule has 0 atom stereocenters. The van der Waals surface area contributed by atoms with E-state index in [1.807, 2.05) is 6.92 Å². The number of aryl methyl sites for hydroxylation is 1. The van der Waals surface area contributed by atoms with Gasteiger partial charge in [-0.3, -0.25) is 10.1 Å². The maximum atomic E-state index is 12.8. The highest BCUT2D eigenvalue weighted by molar-refractivity contribution is 6.05. The first-order valence-electron chi connectivity index (χ1n) is 8.59. The van der Waals surface area contributed by atoms with Crippen molar-refractivity contribution in [3.05, 3.63) is 41.5 Å². The van der Waals surface area contributed by atoms with E-state index in [9.17, 15) is 9.59 Å². The molecule has 0 aliphatic rings. The smallest absolute Gasteiger partial charge is 0.411 e. The van der Waals surface area contributed by atoms with Gasteiger partial charge >= 0.3 is 6.09 Å². The molecule has 0 heterocycles. The fourth-order valence-corrected chi connectivity index (χ4v) is 2.53. The Morgan fingerprint density at radius 1 is 0.929 bits per heavy atom. The van der Waals surface area contributed by atoms with Gasteiger partial charge in [-0.05, 0) is 43.7 Å². The van der Waals surface area contributed by atoms with Crippen LogP contribution in [0.4, 0.5) is 16.2 Å². The number of rotatable bonds is 7. The molecule has 0 saturated heterocycles. The van der Waals surface area contributed by atoms with Gasteiger partial charge in [0.1, 0.15) is 0 Å². The van der Waals surface area contributed by atoms with E-state index in [-0.39, 0.29) is 12.5 Å². The van der Waals surface area contributed by atoms with Gasteiger partial charge in [0, 0.05) is 16.9 Å². The van der Waals surface area contributed by atoms with Crippen molar-refractivity contribution < 1.29 is 28.5 Å². The van der Waals surface area contributed by atoms with Crippen LogP contribution in [0.2, 0.25) is 0 Å². The summed E-state index contributed by atoms with van der Waals surface area (Å²) < 4.78 is 20.7. The van der Waals surface area contributed by atoms with Crippen molar-refractivity contribution in [2.45, 2.75) is 13.8 Å². The summed E-state index contributed by atoms with van der Waals surface area (Å²) in [4.78, 5) is 24.4. The highest BCUT2D eigenvalue weighted by Gasteiger charge is 2.18. The Bertz CT molecular complexity index is 841. The van der Waals surface area contributed by atoms with Crippen molar-refractivity contribution in [3.8, 4) is 17.2 Å². The second-order valence-electron chi connectivity index (χ2n) is 5.74. The Morgan fingerprint density at radius 2 is 1.57 bits per heavy atom. The maximum Gasteiger partial charge on any atom is 0.411 e. The van der Waals surface area contributed by atoms with Crippen LogP contribution >= 0.6 is 0 Å². The van der Waals surface area contributed by atoms with Gasteiger partial charge in [0.15, 0.2) is 11.5 Å². The fourth-order valence-electron chi connectivity index (χ4n) is 2.53. The highest BCUT2D eigenvalue weighted by atomic mass is 16.5. The van der Waals surface area contributed by atoms with Gasteiger partial charge in [0.2, 0.25) is 5.75 Å². The van der Waals surface area contributed by atoms with Crippen LogP contribution in [0.3, 0.4) is 0 Å². The molecule has 150 valence electrons. The standard InChI is InChI=1S/C20H24N2O6/c1-6-28-20(24)21-14-8-7-12(2)15(11-14)22-19(23)13-9-16(25-3)18(27-5)17(10-13)26-4/h7-11H,6H2,1-5H3,(H,21,24)(H,22,23). The average molecular weight is 388 g/mol. The number of carbonyl (C=O) groups excluding carboxylic acids is 2. The zero-order valence-electron chi connectivity index (χ0n) is 16.5. The highest BCUT2D eigenvalue weighted by Crippen LogP contribution is 2.38. The molecule has 2 amide bonds. The number of amides is 2. The summed E-state index contributed by atoms with van der Waals surface area (Å²) >= 11 is 0. The monoisotopic (exact) mass is 388 g/mol. The lowest BCUT2D eigenvalue weighted by Gasteiger charge is -2.15. The topological polar surface area (TPSA) is 95.1 Å². The van der Waals surface area contributed by atoms with Gasteiger partial charge < -0.3 is 24.3 Å². The largest absolute Gasteiger partial charge is 0.493 e. The zero-order chi connectivity index (χ0) is 20.7. The predicted octanol–water partition coefficient (Wildman–Crippen LogP) is 3.84. The molecule has 0 fully saturated rings. The molecule has 0 unspecified atom stereocenters. The third-order valence-corrected chi connectivity index (χ3v) is 3.93.